The molecule has 1 saturated heterocycles. The van der Waals surface area contributed by atoms with Gasteiger partial charge in [0.05, 0.1) is 12.1 Å². The van der Waals surface area contributed by atoms with E-state index in [9.17, 15) is 9.18 Å². The number of halogens is 1. The molecule has 1 amide bonds. The van der Waals surface area contributed by atoms with Crippen LogP contribution in [-0.2, 0) is 4.74 Å². The highest BCUT2D eigenvalue weighted by molar-refractivity contribution is 5.94. The summed E-state index contributed by atoms with van der Waals surface area (Å²) in [6.45, 7) is 1.65. The maximum atomic E-state index is 13.6. The average Bonchev–Trinajstić information content (AvgIpc) is 3.20. The first kappa shape index (κ1) is 20.3. The molecule has 6 heteroatoms. The zero-order valence-corrected chi connectivity index (χ0v) is 16.4. The standard InChI is InChI=1S/C22H27FN2O3/c1-25(2)21(16-6-3-8-18(23)12-16)14-24-22(26)17-7-4-9-19(13-17)28-15-20-10-5-11-27-20/h3-4,6-9,12-13,20-21H,5,10-11,14-15H2,1-2H3,(H,24,26)/t20-,21-/m1/s1. The highest BCUT2D eigenvalue weighted by atomic mass is 19.1. The summed E-state index contributed by atoms with van der Waals surface area (Å²) in [4.78, 5) is 14.6. The van der Waals surface area contributed by atoms with Crippen LogP contribution in [0.25, 0.3) is 0 Å². The molecule has 1 fully saturated rings. The van der Waals surface area contributed by atoms with Crippen molar-refractivity contribution in [2.75, 3.05) is 33.9 Å². The van der Waals surface area contributed by atoms with E-state index >= 15 is 0 Å². The maximum Gasteiger partial charge on any atom is 0.251 e. The topological polar surface area (TPSA) is 50.8 Å². The maximum absolute atomic E-state index is 13.6. The predicted octanol–water partition coefficient (Wildman–Crippen LogP) is 3.42. The summed E-state index contributed by atoms with van der Waals surface area (Å²) < 4.78 is 24.9. The van der Waals surface area contributed by atoms with E-state index in [0.717, 1.165) is 25.0 Å². The first-order chi connectivity index (χ1) is 13.5. The molecule has 5 nitrogen and oxygen atoms in total. The molecule has 150 valence electrons. The van der Waals surface area contributed by atoms with Gasteiger partial charge >= 0.3 is 0 Å². The Hall–Kier alpha value is -2.44. The molecule has 0 bridgehead atoms. The lowest BCUT2D eigenvalue weighted by molar-refractivity contribution is 0.0679. The van der Waals surface area contributed by atoms with Gasteiger partial charge in [0.15, 0.2) is 0 Å². The number of hydrogen-bond donors (Lipinski definition) is 1. The second-order valence-corrected chi connectivity index (χ2v) is 7.22. The van der Waals surface area contributed by atoms with E-state index in [1.807, 2.05) is 31.1 Å². The Morgan fingerprint density at radius 3 is 2.82 bits per heavy atom. The summed E-state index contributed by atoms with van der Waals surface area (Å²) in [6.07, 6.45) is 2.20. The SMILES string of the molecule is CN(C)[C@H](CNC(=O)c1cccc(OC[C@H]2CCCO2)c1)c1cccc(F)c1. The van der Waals surface area contributed by atoms with Crippen LogP contribution in [0.15, 0.2) is 48.5 Å². The Balaban J connectivity index is 1.59. The molecule has 0 aliphatic carbocycles. The third-order valence-electron chi connectivity index (χ3n) is 4.87. The van der Waals surface area contributed by atoms with Crippen molar-refractivity contribution in [3.8, 4) is 5.75 Å². The molecule has 0 unspecified atom stereocenters. The molecule has 1 aliphatic heterocycles. The Labute approximate surface area is 165 Å². The predicted molar refractivity (Wildman–Crippen MR) is 106 cm³/mol. The largest absolute Gasteiger partial charge is 0.491 e. The molecule has 0 aromatic heterocycles. The smallest absolute Gasteiger partial charge is 0.251 e. The normalized spacial score (nSPS) is 17.5. The van der Waals surface area contributed by atoms with Gasteiger partial charge in [-0.3, -0.25) is 4.79 Å². The first-order valence-electron chi connectivity index (χ1n) is 9.57. The number of nitrogens with one attached hydrogen (secondary N) is 1. The second kappa shape index (κ2) is 9.66. The van der Waals surface area contributed by atoms with Crippen molar-refractivity contribution < 1.29 is 18.7 Å². The number of rotatable bonds is 8. The van der Waals surface area contributed by atoms with E-state index in [2.05, 4.69) is 5.32 Å². The van der Waals surface area contributed by atoms with Crippen molar-refractivity contribution in [1.29, 1.82) is 0 Å². The van der Waals surface area contributed by atoms with Crippen LogP contribution in [0.4, 0.5) is 4.39 Å². The zero-order valence-electron chi connectivity index (χ0n) is 16.4. The summed E-state index contributed by atoms with van der Waals surface area (Å²) in [5, 5.41) is 2.94. The number of nitrogens with zero attached hydrogens (tertiary/aromatic N) is 1. The van der Waals surface area contributed by atoms with Crippen molar-refractivity contribution in [3.63, 3.8) is 0 Å². The fraction of sp³-hybridized carbons (Fsp3) is 0.409. The lowest BCUT2D eigenvalue weighted by Crippen LogP contribution is -2.34. The van der Waals surface area contributed by atoms with Crippen molar-refractivity contribution in [3.05, 3.63) is 65.5 Å². The monoisotopic (exact) mass is 386 g/mol. The number of likely N-dealkylation sites (N-methyl/N-ethyl adjacent to an activating group) is 1. The molecule has 2 aromatic rings. The molecule has 1 heterocycles. The summed E-state index contributed by atoms with van der Waals surface area (Å²) >= 11 is 0. The van der Waals surface area contributed by atoms with Crippen LogP contribution < -0.4 is 10.1 Å². The van der Waals surface area contributed by atoms with Crippen molar-refractivity contribution >= 4 is 5.91 Å². The quantitative estimate of drug-likeness (QED) is 0.755. The Bertz CT molecular complexity index is 791. The number of benzene rings is 2. The van der Waals surface area contributed by atoms with Gasteiger partial charge in [-0.2, -0.15) is 0 Å². The molecule has 28 heavy (non-hydrogen) atoms. The summed E-state index contributed by atoms with van der Waals surface area (Å²) in [7, 11) is 3.81. The number of carbonyl (C=O) groups excluding carboxylic acids is 1. The van der Waals surface area contributed by atoms with Crippen LogP contribution in [0, 0.1) is 5.82 Å². The van der Waals surface area contributed by atoms with Crippen LogP contribution in [-0.4, -0.2) is 50.8 Å². The van der Waals surface area contributed by atoms with E-state index in [1.54, 1.807) is 24.3 Å². The number of amides is 1. The van der Waals surface area contributed by atoms with Crippen LogP contribution in [0.2, 0.25) is 0 Å². The molecular weight excluding hydrogens is 359 g/mol. The lowest BCUT2D eigenvalue weighted by Gasteiger charge is -2.25. The van der Waals surface area contributed by atoms with Crippen molar-refractivity contribution in [1.82, 2.24) is 10.2 Å². The minimum absolute atomic E-state index is 0.126. The molecule has 0 saturated carbocycles. The van der Waals surface area contributed by atoms with Crippen molar-refractivity contribution in [2.45, 2.75) is 25.0 Å². The van der Waals surface area contributed by atoms with Gasteiger partial charge in [0.2, 0.25) is 0 Å². The zero-order chi connectivity index (χ0) is 19.9. The third kappa shape index (κ3) is 5.53. The Morgan fingerprint density at radius 2 is 2.11 bits per heavy atom. The lowest BCUT2D eigenvalue weighted by atomic mass is 10.1. The van der Waals surface area contributed by atoms with E-state index < -0.39 is 0 Å². The van der Waals surface area contributed by atoms with Crippen LogP contribution >= 0.6 is 0 Å². The second-order valence-electron chi connectivity index (χ2n) is 7.22. The highest BCUT2D eigenvalue weighted by Crippen LogP contribution is 2.20. The molecular formula is C22H27FN2O3. The summed E-state index contributed by atoms with van der Waals surface area (Å²) in [6, 6.07) is 13.4. The van der Waals surface area contributed by atoms with E-state index in [0.29, 0.717) is 24.5 Å². The van der Waals surface area contributed by atoms with E-state index in [4.69, 9.17) is 9.47 Å². The molecule has 2 aromatic carbocycles. The van der Waals surface area contributed by atoms with Gasteiger partial charge < -0.3 is 19.7 Å². The van der Waals surface area contributed by atoms with Gasteiger partial charge in [-0.15, -0.1) is 0 Å². The van der Waals surface area contributed by atoms with E-state index in [-0.39, 0.29) is 23.9 Å². The fourth-order valence-electron chi connectivity index (χ4n) is 3.30. The Kier molecular flexibility index (Phi) is 7.01. The van der Waals surface area contributed by atoms with Gasteiger partial charge in [-0.05, 0) is 62.8 Å². The summed E-state index contributed by atoms with van der Waals surface area (Å²) in [5.41, 5.74) is 1.35. The molecule has 1 N–H and O–H groups in total. The van der Waals surface area contributed by atoms with Gasteiger partial charge in [0.1, 0.15) is 18.2 Å². The number of ether oxygens (including phenoxy) is 2. The fourth-order valence-corrected chi connectivity index (χ4v) is 3.30. The minimum atomic E-state index is -0.285. The van der Waals surface area contributed by atoms with Crippen molar-refractivity contribution in [2.24, 2.45) is 0 Å². The Morgan fingerprint density at radius 1 is 1.29 bits per heavy atom. The first-order valence-corrected chi connectivity index (χ1v) is 9.57. The van der Waals surface area contributed by atoms with Gasteiger partial charge in [0, 0.05) is 18.7 Å². The van der Waals surface area contributed by atoms with E-state index in [1.165, 1.54) is 12.1 Å². The molecule has 2 atom stereocenters. The average molecular weight is 386 g/mol. The van der Waals surface area contributed by atoms with Gasteiger partial charge in [0.25, 0.3) is 5.91 Å². The van der Waals surface area contributed by atoms with Crippen LogP contribution in [0.1, 0.15) is 34.8 Å². The summed E-state index contributed by atoms with van der Waals surface area (Å²) in [5.74, 6) is 0.176. The molecule has 3 rings (SSSR count). The van der Waals surface area contributed by atoms with Gasteiger partial charge in [-0.1, -0.05) is 18.2 Å². The molecule has 0 spiro atoms. The third-order valence-corrected chi connectivity index (χ3v) is 4.87. The highest BCUT2D eigenvalue weighted by Gasteiger charge is 2.18. The number of hydrogen-bond acceptors (Lipinski definition) is 4. The van der Waals surface area contributed by atoms with Crippen LogP contribution in [0.5, 0.6) is 5.75 Å². The molecule has 0 radical (unpaired) electrons. The van der Waals surface area contributed by atoms with Crippen LogP contribution in [0.3, 0.4) is 0 Å². The van der Waals surface area contributed by atoms with Gasteiger partial charge in [-0.25, -0.2) is 4.39 Å². The molecule has 1 aliphatic rings. The number of carbonyl (C=O) groups is 1. The minimum Gasteiger partial charge on any atom is -0.491 e.